The first-order valence-electron chi connectivity index (χ1n) is 8.20. The van der Waals surface area contributed by atoms with Crippen molar-refractivity contribution >= 4 is 5.91 Å². The van der Waals surface area contributed by atoms with E-state index in [4.69, 9.17) is 4.74 Å². The van der Waals surface area contributed by atoms with Crippen molar-refractivity contribution in [1.82, 2.24) is 10.2 Å². The number of carbonyl (C=O) groups excluding carboxylic acids is 1. The summed E-state index contributed by atoms with van der Waals surface area (Å²) < 4.78 is 5.31. The van der Waals surface area contributed by atoms with Gasteiger partial charge in [-0.1, -0.05) is 42.5 Å². The molecule has 0 aliphatic carbocycles. The minimum Gasteiger partial charge on any atom is -0.497 e. The van der Waals surface area contributed by atoms with Crippen LogP contribution < -0.4 is 10.1 Å². The number of benzene rings is 2. The molecule has 2 aromatic rings. The van der Waals surface area contributed by atoms with Crippen LogP contribution in [0.3, 0.4) is 0 Å². The van der Waals surface area contributed by atoms with Gasteiger partial charge in [-0.2, -0.15) is 0 Å². The first-order chi connectivity index (χ1) is 11.6. The van der Waals surface area contributed by atoms with Crippen molar-refractivity contribution in [2.75, 3.05) is 34.3 Å². The van der Waals surface area contributed by atoms with E-state index in [-0.39, 0.29) is 11.8 Å². The molecular formula is C20H26N2O2. The lowest BCUT2D eigenvalue weighted by Gasteiger charge is -2.19. The molecule has 0 saturated heterocycles. The molecule has 0 radical (unpaired) electrons. The molecule has 2 rings (SSSR count). The van der Waals surface area contributed by atoms with Gasteiger partial charge in [0, 0.05) is 13.1 Å². The molecule has 0 spiro atoms. The van der Waals surface area contributed by atoms with Crippen molar-refractivity contribution in [3.63, 3.8) is 0 Å². The van der Waals surface area contributed by atoms with Gasteiger partial charge >= 0.3 is 0 Å². The summed E-state index contributed by atoms with van der Waals surface area (Å²) in [6.07, 6.45) is 0.668. The Kier molecular flexibility index (Phi) is 6.82. The molecule has 1 unspecified atom stereocenters. The number of ether oxygens (including phenoxy) is 1. The quantitative estimate of drug-likeness (QED) is 0.811. The monoisotopic (exact) mass is 326 g/mol. The number of rotatable bonds is 8. The molecule has 0 aliphatic heterocycles. The van der Waals surface area contributed by atoms with Crippen LogP contribution in [0, 0.1) is 0 Å². The van der Waals surface area contributed by atoms with Gasteiger partial charge in [0.2, 0.25) is 5.91 Å². The first-order valence-corrected chi connectivity index (χ1v) is 8.20. The Balaban J connectivity index is 2.18. The molecule has 0 fully saturated rings. The lowest BCUT2D eigenvalue weighted by atomic mass is 9.91. The van der Waals surface area contributed by atoms with Crippen LogP contribution in [0.5, 0.6) is 5.75 Å². The summed E-state index contributed by atoms with van der Waals surface area (Å²) in [7, 11) is 5.63. The number of methoxy groups -OCH3 is 1. The van der Waals surface area contributed by atoms with Crippen LogP contribution in [0.25, 0.3) is 0 Å². The van der Waals surface area contributed by atoms with E-state index in [9.17, 15) is 4.79 Å². The van der Waals surface area contributed by atoms with Crippen LogP contribution in [0.4, 0.5) is 0 Å². The number of amides is 1. The third-order valence-electron chi connectivity index (χ3n) is 3.95. The minimum absolute atomic E-state index is 0.0500. The highest BCUT2D eigenvalue weighted by molar-refractivity contribution is 5.84. The van der Waals surface area contributed by atoms with Gasteiger partial charge in [-0.05, 0) is 43.8 Å². The summed E-state index contributed by atoms with van der Waals surface area (Å²) in [4.78, 5) is 14.8. The molecule has 4 nitrogen and oxygen atoms in total. The number of hydrogen-bond acceptors (Lipinski definition) is 3. The zero-order valence-corrected chi connectivity index (χ0v) is 14.7. The standard InChI is InChI=1S/C20H26N2O2/c1-22(2)13-12-21-20(23)19(14-16-8-5-4-6-9-16)17-10-7-11-18(15-17)24-3/h4-11,15,19H,12-14H2,1-3H3,(H,21,23). The van der Waals surface area contributed by atoms with Gasteiger partial charge in [-0.3, -0.25) is 4.79 Å². The molecule has 1 N–H and O–H groups in total. The molecule has 0 heterocycles. The van der Waals surface area contributed by atoms with Gasteiger partial charge in [0.15, 0.2) is 0 Å². The van der Waals surface area contributed by atoms with Gasteiger partial charge in [-0.15, -0.1) is 0 Å². The Morgan fingerprint density at radius 3 is 2.54 bits per heavy atom. The molecule has 1 amide bonds. The zero-order chi connectivity index (χ0) is 17.4. The van der Waals surface area contributed by atoms with Crippen molar-refractivity contribution in [3.8, 4) is 5.75 Å². The average Bonchev–Trinajstić information content (AvgIpc) is 2.60. The predicted molar refractivity (Wildman–Crippen MR) is 97.4 cm³/mol. The van der Waals surface area contributed by atoms with E-state index in [1.807, 2.05) is 56.6 Å². The maximum atomic E-state index is 12.8. The van der Waals surface area contributed by atoms with Gasteiger partial charge in [0.1, 0.15) is 5.75 Å². The number of likely N-dealkylation sites (N-methyl/N-ethyl adjacent to an activating group) is 1. The van der Waals surface area contributed by atoms with Crippen LogP contribution in [-0.4, -0.2) is 45.1 Å². The van der Waals surface area contributed by atoms with Crippen molar-refractivity contribution in [2.45, 2.75) is 12.3 Å². The fourth-order valence-corrected chi connectivity index (χ4v) is 2.60. The second-order valence-electron chi connectivity index (χ2n) is 6.11. The molecule has 128 valence electrons. The molecule has 0 bridgehead atoms. The third kappa shape index (κ3) is 5.39. The Hall–Kier alpha value is -2.33. The summed E-state index contributed by atoms with van der Waals surface area (Å²) in [6.45, 7) is 1.46. The van der Waals surface area contributed by atoms with E-state index in [2.05, 4.69) is 22.3 Å². The lowest BCUT2D eigenvalue weighted by molar-refractivity contribution is -0.122. The fraction of sp³-hybridized carbons (Fsp3) is 0.350. The highest BCUT2D eigenvalue weighted by atomic mass is 16.5. The molecule has 0 aliphatic rings. The highest BCUT2D eigenvalue weighted by Gasteiger charge is 2.21. The summed E-state index contributed by atoms with van der Waals surface area (Å²) in [5.41, 5.74) is 2.12. The summed E-state index contributed by atoms with van der Waals surface area (Å²) in [6, 6.07) is 17.9. The molecule has 4 heteroatoms. The zero-order valence-electron chi connectivity index (χ0n) is 14.7. The summed E-state index contributed by atoms with van der Waals surface area (Å²) in [5.74, 6) is 0.588. The predicted octanol–water partition coefficient (Wildman–Crippen LogP) is 2.70. The van der Waals surface area contributed by atoms with Gasteiger partial charge in [0.05, 0.1) is 13.0 Å². The van der Waals surface area contributed by atoms with Gasteiger partial charge in [-0.25, -0.2) is 0 Å². The van der Waals surface area contributed by atoms with E-state index < -0.39 is 0 Å². The maximum Gasteiger partial charge on any atom is 0.227 e. The Bertz CT molecular complexity index is 641. The largest absolute Gasteiger partial charge is 0.497 e. The smallest absolute Gasteiger partial charge is 0.227 e. The SMILES string of the molecule is COc1cccc(C(Cc2ccccc2)C(=O)NCCN(C)C)c1. The van der Waals surface area contributed by atoms with Crippen LogP contribution in [0.2, 0.25) is 0 Å². The van der Waals surface area contributed by atoms with Crippen LogP contribution >= 0.6 is 0 Å². The fourth-order valence-electron chi connectivity index (χ4n) is 2.60. The Labute approximate surface area is 144 Å². The second kappa shape index (κ2) is 9.08. The molecular weight excluding hydrogens is 300 g/mol. The van der Waals surface area contributed by atoms with E-state index in [1.54, 1.807) is 7.11 Å². The maximum absolute atomic E-state index is 12.8. The topological polar surface area (TPSA) is 41.6 Å². The summed E-state index contributed by atoms with van der Waals surface area (Å²) in [5, 5.41) is 3.05. The summed E-state index contributed by atoms with van der Waals surface area (Å²) >= 11 is 0. The number of carbonyl (C=O) groups is 1. The number of nitrogens with one attached hydrogen (secondary N) is 1. The first kappa shape index (κ1) is 18.0. The average molecular weight is 326 g/mol. The molecule has 0 aromatic heterocycles. The van der Waals surface area contributed by atoms with E-state index in [0.29, 0.717) is 13.0 Å². The van der Waals surface area contributed by atoms with Crippen molar-refractivity contribution < 1.29 is 9.53 Å². The Morgan fingerprint density at radius 2 is 1.88 bits per heavy atom. The number of nitrogens with zero attached hydrogens (tertiary/aromatic N) is 1. The molecule has 0 saturated carbocycles. The minimum atomic E-state index is -0.232. The van der Waals surface area contributed by atoms with Gasteiger partial charge < -0.3 is 15.0 Å². The Morgan fingerprint density at radius 1 is 1.12 bits per heavy atom. The van der Waals surface area contributed by atoms with E-state index in [1.165, 1.54) is 0 Å². The van der Waals surface area contributed by atoms with Crippen LogP contribution in [-0.2, 0) is 11.2 Å². The molecule has 24 heavy (non-hydrogen) atoms. The van der Waals surface area contributed by atoms with Crippen LogP contribution in [0.1, 0.15) is 17.0 Å². The number of hydrogen-bond donors (Lipinski definition) is 1. The normalized spacial score (nSPS) is 12.0. The molecule has 2 aromatic carbocycles. The van der Waals surface area contributed by atoms with E-state index >= 15 is 0 Å². The van der Waals surface area contributed by atoms with E-state index in [0.717, 1.165) is 23.4 Å². The lowest BCUT2D eigenvalue weighted by Crippen LogP contribution is -2.35. The van der Waals surface area contributed by atoms with Crippen molar-refractivity contribution in [3.05, 3.63) is 65.7 Å². The van der Waals surface area contributed by atoms with Crippen molar-refractivity contribution in [2.24, 2.45) is 0 Å². The van der Waals surface area contributed by atoms with Crippen molar-refractivity contribution in [1.29, 1.82) is 0 Å². The van der Waals surface area contributed by atoms with Gasteiger partial charge in [0.25, 0.3) is 0 Å². The second-order valence-corrected chi connectivity index (χ2v) is 6.11. The third-order valence-corrected chi connectivity index (χ3v) is 3.95. The molecule has 1 atom stereocenters. The highest BCUT2D eigenvalue weighted by Crippen LogP contribution is 2.24. The van der Waals surface area contributed by atoms with Crippen LogP contribution in [0.15, 0.2) is 54.6 Å².